The minimum Gasteiger partial charge on any atom is -0.155 e. The number of halogens is 1. The topological polar surface area (TPSA) is 25.8 Å². The molecule has 0 aliphatic heterocycles. The van der Waals surface area contributed by atoms with E-state index in [1.54, 1.807) is 0 Å². The van der Waals surface area contributed by atoms with E-state index in [1.165, 1.54) is 0 Å². The lowest BCUT2D eigenvalue weighted by Gasteiger charge is -2.08. The van der Waals surface area contributed by atoms with Crippen molar-refractivity contribution in [2.75, 3.05) is 0 Å². The summed E-state index contributed by atoms with van der Waals surface area (Å²) >= 11 is 6.07. The predicted octanol–water partition coefficient (Wildman–Crippen LogP) is 3.38. The van der Waals surface area contributed by atoms with Crippen LogP contribution in [0.5, 0.6) is 0 Å². The van der Waals surface area contributed by atoms with Gasteiger partial charge in [0.2, 0.25) is 0 Å². The fourth-order valence-electron chi connectivity index (χ4n) is 1.07. The summed E-state index contributed by atoms with van der Waals surface area (Å²) < 4.78 is 0. The summed E-state index contributed by atoms with van der Waals surface area (Å²) in [5, 5.41) is 8.97. The van der Waals surface area contributed by atoms with E-state index in [2.05, 4.69) is 37.9 Å². The van der Waals surface area contributed by atoms with Gasteiger partial charge in [0.1, 0.15) is 0 Å². The maximum absolute atomic E-state index is 6.07. The Balaban J connectivity index is 3.06. The van der Waals surface area contributed by atoms with Gasteiger partial charge in [-0.3, -0.25) is 0 Å². The SMILES string of the molecule is CC(C)c1cc(Cl)c(C(C)C)nn1. The maximum atomic E-state index is 6.07. The minimum absolute atomic E-state index is 0.334. The van der Waals surface area contributed by atoms with E-state index in [4.69, 9.17) is 11.6 Å². The van der Waals surface area contributed by atoms with Crippen LogP contribution in [0.3, 0.4) is 0 Å². The van der Waals surface area contributed by atoms with Crippen molar-refractivity contribution in [2.45, 2.75) is 39.5 Å². The summed E-state index contributed by atoms with van der Waals surface area (Å²) in [7, 11) is 0. The van der Waals surface area contributed by atoms with Crippen LogP contribution >= 0.6 is 11.6 Å². The molecule has 2 nitrogen and oxygen atoms in total. The van der Waals surface area contributed by atoms with Crippen molar-refractivity contribution >= 4 is 11.6 Å². The first-order valence-electron chi connectivity index (χ1n) is 4.55. The van der Waals surface area contributed by atoms with Gasteiger partial charge >= 0.3 is 0 Å². The van der Waals surface area contributed by atoms with Crippen molar-refractivity contribution in [2.24, 2.45) is 0 Å². The molecule has 0 radical (unpaired) electrons. The van der Waals surface area contributed by atoms with Crippen molar-refractivity contribution in [1.29, 1.82) is 0 Å². The Morgan fingerprint density at radius 1 is 1.08 bits per heavy atom. The predicted molar refractivity (Wildman–Crippen MR) is 55.2 cm³/mol. The standard InChI is InChI=1S/C10H15ClN2/c1-6(2)9-5-8(11)10(7(3)4)13-12-9/h5-7H,1-4H3. The van der Waals surface area contributed by atoms with Gasteiger partial charge in [-0.2, -0.15) is 10.2 Å². The van der Waals surface area contributed by atoms with Crippen LogP contribution in [0.2, 0.25) is 5.02 Å². The van der Waals surface area contributed by atoms with Crippen molar-refractivity contribution in [3.63, 3.8) is 0 Å². The first kappa shape index (κ1) is 10.5. The average Bonchev–Trinajstić information content (AvgIpc) is 2.03. The molecule has 1 heterocycles. The summed E-state index contributed by atoms with van der Waals surface area (Å²) in [6, 6.07) is 1.91. The van der Waals surface area contributed by atoms with E-state index < -0.39 is 0 Å². The van der Waals surface area contributed by atoms with Gasteiger partial charge in [0.05, 0.1) is 16.4 Å². The van der Waals surface area contributed by atoms with Gasteiger partial charge in [0.25, 0.3) is 0 Å². The molecule has 0 aromatic carbocycles. The average molecular weight is 199 g/mol. The monoisotopic (exact) mass is 198 g/mol. The fourth-order valence-corrected chi connectivity index (χ4v) is 1.43. The molecule has 0 fully saturated rings. The number of nitrogens with zero attached hydrogens (tertiary/aromatic N) is 2. The first-order valence-corrected chi connectivity index (χ1v) is 4.93. The lowest BCUT2D eigenvalue weighted by molar-refractivity contribution is 0.733. The smallest absolute Gasteiger partial charge is 0.0842 e. The molecule has 0 saturated heterocycles. The number of aromatic nitrogens is 2. The molecule has 0 unspecified atom stereocenters. The Bertz CT molecular complexity index is 295. The third-order valence-electron chi connectivity index (χ3n) is 1.93. The third kappa shape index (κ3) is 2.41. The van der Waals surface area contributed by atoms with Gasteiger partial charge in [0, 0.05) is 0 Å². The zero-order valence-corrected chi connectivity index (χ0v) is 9.26. The lowest BCUT2D eigenvalue weighted by atomic mass is 10.1. The Labute approximate surface area is 84.3 Å². The van der Waals surface area contributed by atoms with Gasteiger partial charge in [0.15, 0.2) is 0 Å². The highest BCUT2D eigenvalue weighted by molar-refractivity contribution is 6.31. The molecule has 0 N–H and O–H groups in total. The van der Waals surface area contributed by atoms with Crippen molar-refractivity contribution in [3.05, 3.63) is 22.5 Å². The second-order valence-corrected chi connectivity index (χ2v) is 4.22. The van der Waals surface area contributed by atoms with Crippen LogP contribution in [0.25, 0.3) is 0 Å². The Kier molecular flexibility index (Phi) is 3.26. The molecular weight excluding hydrogens is 184 g/mol. The summed E-state index contributed by atoms with van der Waals surface area (Å²) in [4.78, 5) is 0. The largest absolute Gasteiger partial charge is 0.155 e. The van der Waals surface area contributed by atoms with Crippen LogP contribution in [0.4, 0.5) is 0 Å². The van der Waals surface area contributed by atoms with Gasteiger partial charge in [-0.15, -0.1) is 0 Å². The minimum atomic E-state index is 0.334. The van der Waals surface area contributed by atoms with Gasteiger partial charge < -0.3 is 0 Å². The third-order valence-corrected chi connectivity index (χ3v) is 2.23. The number of hydrogen-bond acceptors (Lipinski definition) is 2. The summed E-state index contributed by atoms with van der Waals surface area (Å²) in [6.45, 7) is 8.28. The van der Waals surface area contributed by atoms with Crippen molar-refractivity contribution in [1.82, 2.24) is 10.2 Å². The highest BCUT2D eigenvalue weighted by Gasteiger charge is 2.10. The molecule has 0 amide bonds. The van der Waals surface area contributed by atoms with Crippen LogP contribution in [0.15, 0.2) is 6.07 Å². The van der Waals surface area contributed by atoms with E-state index >= 15 is 0 Å². The maximum Gasteiger partial charge on any atom is 0.0842 e. The van der Waals surface area contributed by atoms with E-state index in [0.717, 1.165) is 16.4 Å². The quantitative estimate of drug-likeness (QED) is 0.728. The molecule has 1 aromatic rings. The van der Waals surface area contributed by atoms with Crippen LogP contribution in [0.1, 0.15) is 50.9 Å². The van der Waals surface area contributed by atoms with Gasteiger partial charge in [-0.1, -0.05) is 39.3 Å². The van der Waals surface area contributed by atoms with E-state index in [9.17, 15) is 0 Å². The molecule has 13 heavy (non-hydrogen) atoms. The zero-order chi connectivity index (χ0) is 10.0. The van der Waals surface area contributed by atoms with Crippen LogP contribution in [-0.2, 0) is 0 Å². The van der Waals surface area contributed by atoms with Crippen LogP contribution in [0, 0.1) is 0 Å². The number of rotatable bonds is 2. The highest BCUT2D eigenvalue weighted by Crippen LogP contribution is 2.23. The molecule has 1 aromatic heterocycles. The van der Waals surface area contributed by atoms with Gasteiger partial charge in [-0.25, -0.2) is 0 Å². The molecular formula is C10H15ClN2. The second-order valence-electron chi connectivity index (χ2n) is 3.81. The van der Waals surface area contributed by atoms with Crippen LogP contribution in [-0.4, -0.2) is 10.2 Å². The van der Waals surface area contributed by atoms with Gasteiger partial charge in [-0.05, 0) is 17.9 Å². The summed E-state index contributed by atoms with van der Waals surface area (Å²) in [5.74, 6) is 0.715. The lowest BCUT2D eigenvalue weighted by Crippen LogP contribution is -2.01. The van der Waals surface area contributed by atoms with E-state index in [0.29, 0.717) is 11.8 Å². The second kappa shape index (κ2) is 4.05. The van der Waals surface area contributed by atoms with Crippen molar-refractivity contribution in [3.8, 4) is 0 Å². The van der Waals surface area contributed by atoms with Crippen molar-refractivity contribution < 1.29 is 0 Å². The molecule has 0 spiro atoms. The van der Waals surface area contributed by atoms with E-state index in [1.807, 2.05) is 6.07 Å². The molecule has 0 aliphatic carbocycles. The zero-order valence-electron chi connectivity index (χ0n) is 8.50. The fraction of sp³-hybridized carbons (Fsp3) is 0.600. The molecule has 1 rings (SSSR count). The Hall–Kier alpha value is -0.630. The molecule has 0 atom stereocenters. The first-order chi connectivity index (χ1) is 6.02. The Morgan fingerprint density at radius 2 is 1.69 bits per heavy atom. The highest BCUT2D eigenvalue weighted by atomic mass is 35.5. The van der Waals surface area contributed by atoms with Crippen LogP contribution < -0.4 is 0 Å². The molecule has 0 aliphatic rings. The molecule has 3 heteroatoms. The Morgan fingerprint density at radius 3 is 2.08 bits per heavy atom. The normalized spacial score (nSPS) is 11.3. The number of hydrogen-bond donors (Lipinski definition) is 0. The molecule has 72 valence electrons. The summed E-state index contributed by atoms with van der Waals surface area (Å²) in [5.41, 5.74) is 1.83. The molecule has 0 saturated carbocycles. The summed E-state index contributed by atoms with van der Waals surface area (Å²) in [6.07, 6.45) is 0. The molecule has 0 bridgehead atoms. The van der Waals surface area contributed by atoms with E-state index in [-0.39, 0.29) is 0 Å².